The van der Waals surface area contributed by atoms with Gasteiger partial charge in [-0.25, -0.2) is 4.98 Å². The summed E-state index contributed by atoms with van der Waals surface area (Å²) in [5.74, 6) is 0.286. The summed E-state index contributed by atoms with van der Waals surface area (Å²) in [6.45, 7) is 3.50. The highest BCUT2D eigenvalue weighted by Crippen LogP contribution is 2.33. The number of nitrogens with one attached hydrogen (secondary N) is 1. The largest absolute Gasteiger partial charge is 0.496 e. The smallest absolute Gasteiger partial charge is 0.345 e. The van der Waals surface area contributed by atoms with Crippen LogP contribution in [-0.4, -0.2) is 22.9 Å². The Morgan fingerprint density at radius 2 is 2.09 bits per heavy atom. The van der Waals surface area contributed by atoms with Crippen LogP contribution in [0.15, 0.2) is 30.5 Å². The van der Waals surface area contributed by atoms with Crippen LogP contribution in [0.5, 0.6) is 5.75 Å². The van der Waals surface area contributed by atoms with Crippen molar-refractivity contribution in [1.82, 2.24) is 4.98 Å². The van der Waals surface area contributed by atoms with E-state index < -0.39 is 10.3 Å². The molecule has 0 radical (unpaired) electrons. The minimum atomic E-state index is -0.882. The van der Waals surface area contributed by atoms with Gasteiger partial charge in [0.2, 0.25) is 5.91 Å². The minimum absolute atomic E-state index is 0.120. The molecular weight excluding hydrogens is 306 g/mol. The van der Waals surface area contributed by atoms with Crippen LogP contribution in [0.2, 0.25) is 0 Å². The van der Waals surface area contributed by atoms with E-state index in [2.05, 4.69) is 10.3 Å². The lowest BCUT2D eigenvalue weighted by Crippen LogP contribution is -2.35. The van der Waals surface area contributed by atoms with E-state index in [1.54, 1.807) is 19.9 Å². The summed E-state index contributed by atoms with van der Waals surface area (Å²) in [5, 5.41) is 13.3. The Balaban J connectivity index is 2.24. The summed E-state index contributed by atoms with van der Waals surface area (Å²) in [7, 11) is 1.54. The average Bonchev–Trinajstić information content (AvgIpc) is 2.95. The SMILES string of the molecule is COc1ccccc1C(C)(C)C(=O)Nc1ncc([N+](=O)[O-])s1. The number of hydrogen-bond acceptors (Lipinski definition) is 6. The molecule has 0 aliphatic carbocycles. The molecule has 1 aromatic heterocycles. The Labute approximate surface area is 131 Å². The van der Waals surface area contributed by atoms with Gasteiger partial charge in [0.05, 0.1) is 17.4 Å². The van der Waals surface area contributed by atoms with Crippen molar-refractivity contribution in [1.29, 1.82) is 0 Å². The molecule has 2 rings (SSSR count). The molecule has 0 aliphatic rings. The Morgan fingerprint density at radius 3 is 2.68 bits per heavy atom. The molecule has 22 heavy (non-hydrogen) atoms. The molecule has 0 fully saturated rings. The molecule has 1 N–H and O–H groups in total. The molecule has 0 aliphatic heterocycles. The lowest BCUT2D eigenvalue weighted by molar-refractivity contribution is -0.380. The highest BCUT2D eigenvalue weighted by atomic mass is 32.1. The minimum Gasteiger partial charge on any atom is -0.496 e. The van der Waals surface area contributed by atoms with Crippen molar-refractivity contribution in [3.63, 3.8) is 0 Å². The summed E-state index contributed by atoms with van der Waals surface area (Å²) in [6, 6.07) is 7.23. The summed E-state index contributed by atoms with van der Waals surface area (Å²) >= 11 is 0.817. The first-order valence-corrected chi connectivity index (χ1v) is 7.23. The van der Waals surface area contributed by atoms with Crippen LogP contribution in [0.4, 0.5) is 10.1 Å². The number of carbonyl (C=O) groups is 1. The van der Waals surface area contributed by atoms with Crippen molar-refractivity contribution in [2.45, 2.75) is 19.3 Å². The number of anilines is 1. The monoisotopic (exact) mass is 321 g/mol. The third-order valence-corrected chi connectivity index (χ3v) is 4.11. The number of carbonyl (C=O) groups excluding carboxylic acids is 1. The topological polar surface area (TPSA) is 94.4 Å². The summed E-state index contributed by atoms with van der Waals surface area (Å²) < 4.78 is 5.29. The first-order valence-electron chi connectivity index (χ1n) is 6.41. The molecule has 7 nitrogen and oxygen atoms in total. The lowest BCUT2D eigenvalue weighted by atomic mass is 9.83. The second-order valence-electron chi connectivity index (χ2n) is 5.04. The van der Waals surface area contributed by atoms with E-state index >= 15 is 0 Å². The highest BCUT2D eigenvalue weighted by molar-refractivity contribution is 7.18. The van der Waals surface area contributed by atoms with Crippen molar-refractivity contribution in [2.24, 2.45) is 0 Å². The van der Waals surface area contributed by atoms with Crippen LogP contribution in [0.3, 0.4) is 0 Å². The van der Waals surface area contributed by atoms with Gasteiger partial charge in [-0.05, 0) is 31.3 Å². The van der Waals surface area contributed by atoms with Gasteiger partial charge in [-0.3, -0.25) is 14.9 Å². The number of ether oxygens (including phenoxy) is 1. The standard InChI is InChI=1S/C14H15N3O4S/c1-14(2,9-6-4-5-7-10(9)21-3)12(18)16-13-15-8-11(22-13)17(19)20/h4-8H,1-3H3,(H,15,16,18). The van der Waals surface area contributed by atoms with Gasteiger partial charge in [-0.1, -0.05) is 18.2 Å². The number of amides is 1. The number of thiazole rings is 1. The van der Waals surface area contributed by atoms with E-state index in [-0.39, 0.29) is 16.0 Å². The molecule has 0 atom stereocenters. The van der Waals surface area contributed by atoms with Gasteiger partial charge in [0.15, 0.2) is 5.13 Å². The Morgan fingerprint density at radius 1 is 1.41 bits per heavy atom. The molecule has 1 aromatic carbocycles. The third kappa shape index (κ3) is 3.06. The van der Waals surface area contributed by atoms with Crippen molar-refractivity contribution in [3.05, 3.63) is 46.1 Å². The number of nitro groups is 1. The number of methoxy groups -OCH3 is 1. The fourth-order valence-electron chi connectivity index (χ4n) is 1.94. The second-order valence-corrected chi connectivity index (χ2v) is 6.05. The van der Waals surface area contributed by atoms with E-state index in [9.17, 15) is 14.9 Å². The van der Waals surface area contributed by atoms with E-state index in [1.807, 2.05) is 18.2 Å². The zero-order valence-electron chi connectivity index (χ0n) is 12.3. The van der Waals surface area contributed by atoms with Gasteiger partial charge in [0.25, 0.3) is 0 Å². The average molecular weight is 321 g/mol. The fourth-order valence-corrected chi connectivity index (χ4v) is 2.57. The molecule has 0 spiro atoms. The van der Waals surface area contributed by atoms with Gasteiger partial charge in [0.1, 0.15) is 11.9 Å². The molecule has 0 unspecified atom stereocenters. The molecule has 116 valence electrons. The number of hydrogen-bond donors (Lipinski definition) is 1. The number of benzene rings is 1. The summed E-state index contributed by atoms with van der Waals surface area (Å²) in [5.41, 5.74) is -0.159. The first-order chi connectivity index (χ1) is 10.4. The molecule has 2 aromatic rings. The summed E-state index contributed by atoms with van der Waals surface area (Å²) in [4.78, 5) is 26.5. The number of para-hydroxylation sites is 1. The van der Waals surface area contributed by atoms with Crippen LogP contribution in [-0.2, 0) is 10.2 Å². The molecule has 1 heterocycles. The van der Waals surface area contributed by atoms with Crippen molar-refractivity contribution in [2.75, 3.05) is 12.4 Å². The maximum Gasteiger partial charge on any atom is 0.345 e. The van der Waals surface area contributed by atoms with Crippen LogP contribution in [0.1, 0.15) is 19.4 Å². The third-order valence-electron chi connectivity index (χ3n) is 3.24. The van der Waals surface area contributed by atoms with E-state index in [0.717, 1.165) is 23.1 Å². The molecule has 8 heteroatoms. The molecule has 0 saturated carbocycles. The Bertz CT molecular complexity index is 712. The van der Waals surface area contributed by atoms with Crippen LogP contribution in [0.25, 0.3) is 0 Å². The van der Waals surface area contributed by atoms with E-state index in [4.69, 9.17) is 4.74 Å². The normalized spacial score (nSPS) is 11.0. The number of rotatable bonds is 5. The van der Waals surface area contributed by atoms with Crippen LogP contribution >= 0.6 is 11.3 Å². The quantitative estimate of drug-likeness (QED) is 0.675. The molecule has 0 bridgehead atoms. The molecule has 0 saturated heterocycles. The maximum atomic E-state index is 12.5. The van der Waals surface area contributed by atoms with Crippen molar-refractivity contribution in [3.8, 4) is 5.75 Å². The number of aromatic nitrogens is 1. The van der Waals surface area contributed by atoms with Gasteiger partial charge in [0, 0.05) is 5.56 Å². The Kier molecular flexibility index (Phi) is 4.41. The fraction of sp³-hybridized carbons (Fsp3) is 0.286. The van der Waals surface area contributed by atoms with Crippen molar-refractivity contribution < 1.29 is 14.5 Å². The zero-order valence-corrected chi connectivity index (χ0v) is 13.1. The molecule has 1 amide bonds. The predicted molar refractivity (Wildman–Crippen MR) is 83.4 cm³/mol. The van der Waals surface area contributed by atoms with E-state index in [1.165, 1.54) is 7.11 Å². The molecular formula is C14H15N3O4S. The second kappa shape index (κ2) is 6.10. The summed E-state index contributed by atoms with van der Waals surface area (Å²) in [6.07, 6.45) is 1.12. The van der Waals surface area contributed by atoms with Gasteiger partial charge >= 0.3 is 5.00 Å². The lowest BCUT2D eigenvalue weighted by Gasteiger charge is -2.25. The first kappa shape index (κ1) is 15.9. The van der Waals surface area contributed by atoms with E-state index in [0.29, 0.717) is 5.75 Å². The van der Waals surface area contributed by atoms with Gasteiger partial charge in [-0.15, -0.1) is 0 Å². The number of nitrogens with zero attached hydrogens (tertiary/aromatic N) is 2. The van der Waals surface area contributed by atoms with Crippen LogP contribution in [0, 0.1) is 10.1 Å². The highest BCUT2D eigenvalue weighted by Gasteiger charge is 2.33. The van der Waals surface area contributed by atoms with Crippen LogP contribution < -0.4 is 10.1 Å². The predicted octanol–water partition coefficient (Wildman–Crippen LogP) is 2.98. The van der Waals surface area contributed by atoms with Gasteiger partial charge < -0.3 is 10.1 Å². The van der Waals surface area contributed by atoms with Crippen molar-refractivity contribution >= 4 is 27.4 Å². The zero-order chi connectivity index (χ0) is 16.3. The maximum absolute atomic E-state index is 12.5. The van der Waals surface area contributed by atoms with Gasteiger partial charge in [-0.2, -0.15) is 0 Å². The Hall–Kier alpha value is -2.48.